The summed E-state index contributed by atoms with van der Waals surface area (Å²) in [5.74, 6) is 0. The molecule has 0 aliphatic carbocycles. The molecule has 4 nitrogen and oxygen atoms in total. The number of aromatic amines is 1. The molecule has 0 atom stereocenters. The largest absolute Gasteiger partial charge is 0.378 e. The number of anilines is 1. The van der Waals surface area contributed by atoms with Crippen LogP contribution in [0.1, 0.15) is 0 Å². The summed E-state index contributed by atoms with van der Waals surface area (Å²) in [6.07, 6.45) is 1.22. The number of nitrogens with one attached hydrogen (secondary N) is 1. The molecule has 0 amide bonds. The van der Waals surface area contributed by atoms with E-state index in [9.17, 15) is 8.42 Å². The van der Waals surface area contributed by atoms with Crippen LogP contribution in [0.25, 0.3) is 33.3 Å². The molecule has 3 aromatic carbocycles. The number of H-pyrrole nitrogens is 1. The second-order valence-electron chi connectivity index (χ2n) is 7.16. The number of rotatable bonds is 4. The van der Waals surface area contributed by atoms with E-state index in [0.717, 1.165) is 39.0 Å². The Morgan fingerprint density at radius 2 is 1.39 bits per heavy atom. The lowest BCUT2D eigenvalue weighted by Gasteiger charge is -2.13. The summed E-state index contributed by atoms with van der Waals surface area (Å²) in [5, 5.41) is 1.14. The monoisotopic (exact) mass is 390 g/mol. The smallest absolute Gasteiger partial charge is 0.175 e. The molecule has 1 heterocycles. The van der Waals surface area contributed by atoms with Gasteiger partial charge < -0.3 is 9.88 Å². The number of benzene rings is 3. The summed E-state index contributed by atoms with van der Waals surface area (Å²) >= 11 is 0. The first-order valence-electron chi connectivity index (χ1n) is 9.03. The third kappa shape index (κ3) is 3.29. The van der Waals surface area contributed by atoms with Crippen molar-refractivity contribution in [2.75, 3.05) is 25.3 Å². The summed E-state index contributed by atoms with van der Waals surface area (Å²) < 4.78 is 23.6. The van der Waals surface area contributed by atoms with Gasteiger partial charge in [0, 0.05) is 42.5 Å². The fraction of sp³-hybridized carbons (Fsp3) is 0.130. The summed E-state index contributed by atoms with van der Waals surface area (Å²) in [4.78, 5) is 5.91. The van der Waals surface area contributed by atoms with Gasteiger partial charge in [-0.2, -0.15) is 0 Å². The minimum Gasteiger partial charge on any atom is -0.378 e. The highest BCUT2D eigenvalue weighted by Gasteiger charge is 2.16. The van der Waals surface area contributed by atoms with Gasteiger partial charge in [-0.3, -0.25) is 0 Å². The molecule has 0 spiro atoms. The molecule has 0 saturated carbocycles. The van der Waals surface area contributed by atoms with E-state index >= 15 is 0 Å². The topological polar surface area (TPSA) is 53.2 Å². The van der Waals surface area contributed by atoms with E-state index in [-0.39, 0.29) is 0 Å². The van der Waals surface area contributed by atoms with Gasteiger partial charge in [0.05, 0.1) is 10.6 Å². The fourth-order valence-electron chi connectivity index (χ4n) is 3.45. The highest BCUT2D eigenvalue weighted by atomic mass is 32.2. The highest BCUT2D eigenvalue weighted by molar-refractivity contribution is 7.90. The van der Waals surface area contributed by atoms with Crippen molar-refractivity contribution >= 4 is 26.4 Å². The van der Waals surface area contributed by atoms with Crippen molar-refractivity contribution in [3.8, 4) is 22.4 Å². The van der Waals surface area contributed by atoms with Gasteiger partial charge in [-0.05, 0) is 41.5 Å². The lowest BCUT2D eigenvalue weighted by molar-refractivity contribution is 0.602. The first-order valence-corrected chi connectivity index (χ1v) is 10.9. The van der Waals surface area contributed by atoms with Crippen LogP contribution in [0, 0.1) is 0 Å². The fourth-order valence-corrected chi connectivity index (χ4v) is 4.08. The Kier molecular flexibility index (Phi) is 4.47. The lowest BCUT2D eigenvalue weighted by atomic mass is 9.98. The first-order chi connectivity index (χ1) is 13.3. The maximum atomic E-state index is 11.8. The lowest BCUT2D eigenvalue weighted by Crippen LogP contribution is -2.07. The van der Waals surface area contributed by atoms with E-state index in [4.69, 9.17) is 0 Å². The van der Waals surface area contributed by atoms with Gasteiger partial charge in [0.2, 0.25) is 0 Å². The Hall–Kier alpha value is -3.05. The number of fused-ring (bicyclic) bond motifs is 1. The number of sulfone groups is 1. The standard InChI is InChI=1S/C23H22N2O2S/c1-25(2)18-12-8-16(9-13-18)22-20-6-4-5-7-21(20)24-23(22)17-10-14-19(15-11-17)28(3,26)27/h4-15,24H,1-3H3. The maximum Gasteiger partial charge on any atom is 0.175 e. The summed E-state index contributed by atoms with van der Waals surface area (Å²) in [6.45, 7) is 0. The normalized spacial score (nSPS) is 11.7. The zero-order valence-corrected chi connectivity index (χ0v) is 16.9. The average molecular weight is 391 g/mol. The van der Waals surface area contributed by atoms with E-state index in [1.54, 1.807) is 12.1 Å². The second-order valence-corrected chi connectivity index (χ2v) is 9.17. The first kappa shape index (κ1) is 18.3. The van der Waals surface area contributed by atoms with Crippen LogP contribution in [0.15, 0.2) is 77.7 Å². The van der Waals surface area contributed by atoms with Gasteiger partial charge in [-0.1, -0.05) is 42.5 Å². The number of nitrogens with zero attached hydrogens (tertiary/aromatic N) is 1. The molecule has 4 aromatic rings. The zero-order valence-electron chi connectivity index (χ0n) is 16.1. The van der Waals surface area contributed by atoms with E-state index in [1.165, 1.54) is 6.26 Å². The predicted octanol–water partition coefficient (Wildman–Crippen LogP) is 4.97. The molecule has 1 N–H and O–H groups in total. The molecule has 1 aromatic heterocycles. The van der Waals surface area contributed by atoms with Crippen molar-refractivity contribution in [1.82, 2.24) is 4.98 Å². The minimum atomic E-state index is -3.22. The van der Waals surface area contributed by atoms with Crippen molar-refractivity contribution in [3.05, 3.63) is 72.8 Å². The Balaban J connectivity index is 1.90. The van der Waals surface area contributed by atoms with E-state index in [1.807, 2.05) is 38.4 Å². The molecule has 0 radical (unpaired) electrons. The Labute approximate surface area is 165 Å². The molecule has 0 fully saturated rings. The molecule has 0 aliphatic heterocycles. The molecular formula is C23H22N2O2S. The van der Waals surface area contributed by atoms with Crippen molar-refractivity contribution < 1.29 is 8.42 Å². The number of hydrogen-bond acceptors (Lipinski definition) is 3. The molecule has 0 unspecified atom stereocenters. The number of aromatic nitrogens is 1. The molecule has 5 heteroatoms. The SMILES string of the molecule is CN(C)c1ccc(-c2c(-c3ccc(S(C)(=O)=O)cc3)[nH]c3ccccc23)cc1. The van der Waals surface area contributed by atoms with Gasteiger partial charge in [-0.15, -0.1) is 0 Å². The Morgan fingerprint density at radius 3 is 2.00 bits per heavy atom. The molecule has 28 heavy (non-hydrogen) atoms. The van der Waals surface area contributed by atoms with Crippen LogP contribution in [0.5, 0.6) is 0 Å². The molecule has 4 rings (SSSR count). The van der Waals surface area contributed by atoms with Gasteiger partial charge in [0.15, 0.2) is 9.84 Å². The van der Waals surface area contributed by atoms with Crippen molar-refractivity contribution in [2.45, 2.75) is 4.90 Å². The molecule has 142 valence electrons. The third-order valence-electron chi connectivity index (χ3n) is 4.95. The maximum absolute atomic E-state index is 11.8. The van der Waals surface area contributed by atoms with Crippen LogP contribution in [-0.2, 0) is 9.84 Å². The summed E-state index contributed by atoms with van der Waals surface area (Å²) in [5.41, 5.74) is 6.37. The molecular weight excluding hydrogens is 368 g/mol. The van der Waals surface area contributed by atoms with Gasteiger partial charge in [0.25, 0.3) is 0 Å². The molecule has 0 saturated heterocycles. The Bertz CT molecular complexity index is 1240. The number of hydrogen-bond donors (Lipinski definition) is 1. The summed E-state index contributed by atoms with van der Waals surface area (Å²) in [6, 6.07) is 23.7. The third-order valence-corrected chi connectivity index (χ3v) is 6.08. The average Bonchev–Trinajstić information content (AvgIpc) is 3.07. The predicted molar refractivity (Wildman–Crippen MR) is 117 cm³/mol. The van der Waals surface area contributed by atoms with E-state index in [0.29, 0.717) is 4.90 Å². The molecule has 0 aliphatic rings. The van der Waals surface area contributed by atoms with Gasteiger partial charge >= 0.3 is 0 Å². The highest BCUT2D eigenvalue weighted by Crippen LogP contribution is 2.39. The number of para-hydroxylation sites is 1. The second kappa shape index (κ2) is 6.84. The van der Waals surface area contributed by atoms with Gasteiger partial charge in [-0.25, -0.2) is 8.42 Å². The summed E-state index contributed by atoms with van der Waals surface area (Å²) in [7, 11) is 0.830. The van der Waals surface area contributed by atoms with Crippen LogP contribution in [0.4, 0.5) is 5.69 Å². The van der Waals surface area contributed by atoms with Crippen LogP contribution in [-0.4, -0.2) is 33.8 Å². The van der Waals surface area contributed by atoms with E-state index in [2.05, 4.69) is 46.3 Å². The van der Waals surface area contributed by atoms with Crippen LogP contribution < -0.4 is 4.90 Å². The quantitative estimate of drug-likeness (QED) is 0.535. The zero-order chi connectivity index (χ0) is 19.9. The van der Waals surface area contributed by atoms with Crippen molar-refractivity contribution in [2.24, 2.45) is 0 Å². The molecule has 0 bridgehead atoms. The van der Waals surface area contributed by atoms with Crippen LogP contribution >= 0.6 is 0 Å². The minimum absolute atomic E-state index is 0.323. The van der Waals surface area contributed by atoms with Crippen molar-refractivity contribution in [1.29, 1.82) is 0 Å². The van der Waals surface area contributed by atoms with Crippen molar-refractivity contribution in [3.63, 3.8) is 0 Å². The van der Waals surface area contributed by atoms with Crippen LogP contribution in [0.2, 0.25) is 0 Å². The van der Waals surface area contributed by atoms with Gasteiger partial charge in [0.1, 0.15) is 0 Å². The van der Waals surface area contributed by atoms with E-state index < -0.39 is 9.84 Å². The van der Waals surface area contributed by atoms with Crippen LogP contribution in [0.3, 0.4) is 0 Å². The Morgan fingerprint density at radius 1 is 0.786 bits per heavy atom.